The summed E-state index contributed by atoms with van der Waals surface area (Å²) in [4.78, 5) is 22.2. The highest BCUT2D eigenvalue weighted by atomic mass is 79.9. The van der Waals surface area contributed by atoms with Crippen LogP contribution in [0.3, 0.4) is 0 Å². The van der Waals surface area contributed by atoms with Gasteiger partial charge < -0.3 is 14.4 Å². The Morgan fingerprint density at radius 1 is 1.10 bits per heavy atom. The van der Waals surface area contributed by atoms with Gasteiger partial charge in [0.1, 0.15) is 0 Å². The van der Waals surface area contributed by atoms with Crippen molar-refractivity contribution >= 4 is 60.9 Å². The largest absolute Gasteiger partial charge is 0.454 e. The van der Waals surface area contributed by atoms with E-state index < -0.39 is 0 Å². The maximum Gasteiger partial charge on any atom is 0.260 e. The van der Waals surface area contributed by atoms with E-state index in [0.717, 1.165) is 40.1 Å². The lowest BCUT2D eigenvalue weighted by atomic mass is 10.2. The lowest BCUT2D eigenvalue weighted by Crippen LogP contribution is -2.38. The number of benzene rings is 2. The first-order valence-electron chi connectivity index (χ1n) is 9.59. The first-order chi connectivity index (χ1) is 14.1. The van der Waals surface area contributed by atoms with Crippen molar-refractivity contribution in [2.75, 3.05) is 37.9 Å². The highest BCUT2D eigenvalue weighted by Crippen LogP contribution is 2.40. The molecular formula is C21H23BrClN3O3S. The molecule has 0 atom stereocenters. The molecule has 2 heterocycles. The number of fused-ring (bicyclic) bond motifs is 2. The summed E-state index contributed by atoms with van der Waals surface area (Å²) in [7, 11) is 0. The van der Waals surface area contributed by atoms with Crippen LogP contribution in [0.1, 0.15) is 24.2 Å². The average Bonchev–Trinajstić information content (AvgIpc) is 3.35. The minimum Gasteiger partial charge on any atom is -0.454 e. The Labute approximate surface area is 194 Å². The van der Waals surface area contributed by atoms with Crippen LogP contribution in [-0.4, -0.2) is 48.8 Å². The third-order valence-electron chi connectivity index (χ3n) is 4.97. The number of likely N-dealkylation sites (N-methyl/N-ethyl adjacent to an activating group) is 1. The van der Waals surface area contributed by atoms with Gasteiger partial charge in [-0.05, 0) is 37.4 Å². The second-order valence-electron chi connectivity index (χ2n) is 6.66. The van der Waals surface area contributed by atoms with Crippen molar-refractivity contribution < 1.29 is 14.3 Å². The monoisotopic (exact) mass is 511 g/mol. The van der Waals surface area contributed by atoms with Gasteiger partial charge >= 0.3 is 0 Å². The maximum absolute atomic E-state index is 13.3. The molecule has 0 bridgehead atoms. The van der Waals surface area contributed by atoms with Crippen LogP contribution in [0.25, 0.3) is 10.2 Å². The number of carbonyl (C=O) groups is 1. The smallest absolute Gasteiger partial charge is 0.260 e. The molecule has 3 aromatic rings. The van der Waals surface area contributed by atoms with Crippen molar-refractivity contribution in [1.82, 2.24) is 9.88 Å². The van der Waals surface area contributed by atoms with Gasteiger partial charge in [-0.15, -0.1) is 12.4 Å². The lowest BCUT2D eigenvalue weighted by molar-refractivity contribution is 0.0983. The van der Waals surface area contributed by atoms with Crippen LogP contribution in [0, 0.1) is 0 Å². The number of ether oxygens (including phenoxy) is 2. The summed E-state index contributed by atoms with van der Waals surface area (Å²) >= 11 is 4.92. The number of rotatable bonds is 7. The summed E-state index contributed by atoms with van der Waals surface area (Å²) in [5, 5.41) is 0.684. The molecule has 0 saturated carbocycles. The van der Waals surface area contributed by atoms with Crippen LogP contribution < -0.4 is 14.4 Å². The fourth-order valence-electron chi connectivity index (χ4n) is 3.23. The average molecular weight is 513 g/mol. The zero-order chi connectivity index (χ0) is 20.4. The quantitative estimate of drug-likeness (QED) is 0.436. The molecule has 0 aliphatic carbocycles. The molecule has 0 radical (unpaired) electrons. The summed E-state index contributed by atoms with van der Waals surface area (Å²) in [5.41, 5.74) is 1.45. The van der Waals surface area contributed by atoms with E-state index in [0.29, 0.717) is 23.0 Å². The topological polar surface area (TPSA) is 54.9 Å². The third-order valence-corrected chi connectivity index (χ3v) is 6.54. The molecule has 30 heavy (non-hydrogen) atoms. The number of thiazole rings is 1. The van der Waals surface area contributed by atoms with E-state index in [4.69, 9.17) is 14.5 Å². The molecule has 9 heteroatoms. The van der Waals surface area contributed by atoms with E-state index >= 15 is 0 Å². The molecule has 1 aromatic heterocycles. The molecule has 6 nitrogen and oxygen atoms in total. The van der Waals surface area contributed by atoms with Crippen LogP contribution >= 0.6 is 39.7 Å². The fraction of sp³-hybridized carbons (Fsp3) is 0.333. The molecule has 1 aliphatic rings. The number of hydrogen-bond donors (Lipinski definition) is 0. The predicted molar refractivity (Wildman–Crippen MR) is 127 cm³/mol. The minimum absolute atomic E-state index is 0. The van der Waals surface area contributed by atoms with Crippen molar-refractivity contribution in [2.24, 2.45) is 0 Å². The maximum atomic E-state index is 13.3. The molecular weight excluding hydrogens is 490 g/mol. The number of hydrogen-bond acceptors (Lipinski definition) is 6. The Balaban J connectivity index is 0.00000256. The van der Waals surface area contributed by atoms with E-state index in [2.05, 4.69) is 34.7 Å². The number of aromatic nitrogens is 1. The standard InChI is InChI=1S/C21H22BrN3O3S.ClH/c1-3-24(4-2)9-10-25(20(26)14-5-7-15(22)8-6-14)21-23-16-11-17-18(28-13-27-17)12-19(16)29-21;/h5-8,11-12H,3-4,9-10,13H2,1-2H3;1H. The molecule has 0 fully saturated rings. The third kappa shape index (κ3) is 4.72. The Kier molecular flexibility index (Phi) is 7.57. The summed E-state index contributed by atoms with van der Waals surface area (Å²) in [6.45, 7) is 7.73. The zero-order valence-corrected chi connectivity index (χ0v) is 20.0. The summed E-state index contributed by atoms with van der Waals surface area (Å²) in [5.74, 6) is 1.37. The van der Waals surface area contributed by atoms with Crippen molar-refractivity contribution in [3.8, 4) is 11.5 Å². The second-order valence-corrected chi connectivity index (χ2v) is 8.58. The van der Waals surface area contributed by atoms with Gasteiger partial charge in [0.05, 0.1) is 10.2 Å². The first kappa shape index (κ1) is 22.8. The van der Waals surface area contributed by atoms with Crippen LogP contribution in [-0.2, 0) is 0 Å². The molecule has 2 aromatic carbocycles. The van der Waals surface area contributed by atoms with Gasteiger partial charge in [0.2, 0.25) is 6.79 Å². The molecule has 160 valence electrons. The zero-order valence-electron chi connectivity index (χ0n) is 16.8. The summed E-state index contributed by atoms with van der Waals surface area (Å²) in [6.07, 6.45) is 0. The number of amides is 1. The molecule has 1 amide bonds. The van der Waals surface area contributed by atoms with Gasteiger partial charge in [0.15, 0.2) is 16.6 Å². The number of carbonyl (C=O) groups excluding carboxylic acids is 1. The van der Waals surface area contributed by atoms with Gasteiger partial charge in [-0.3, -0.25) is 9.69 Å². The summed E-state index contributed by atoms with van der Waals surface area (Å²) < 4.78 is 12.9. The molecule has 1 aliphatic heterocycles. The Morgan fingerprint density at radius 3 is 2.43 bits per heavy atom. The number of nitrogens with zero attached hydrogens (tertiary/aromatic N) is 3. The van der Waals surface area contributed by atoms with Crippen LogP contribution in [0.15, 0.2) is 40.9 Å². The molecule has 0 unspecified atom stereocenters. The van der Waals surface area contributed by atoms with E-state index in [1.165, 1.54) is 11.3 Å². The van der Waals surface area contributed by atoms with Gasteiger partial charge in [0, 0.05) is 35.3 Å². The van der Waals surface area contributed by atoms with Gasteiger partial charge in [-0.1, -0.05) is 41.1 Å². The van der Waals surface area contributed by atoms with Gasteiger partial charge in [-0.2, -0.15) is 0 Å². The Hall–Kier alpha value is -1.87. The number of anilines is 1. The van der Waals surface area contributed by atoms with E-state index in [-0.39, 0.29) is 25.1 Å². The Morgan fingerprint density at radius 2 is 1.77 bits per heavy atom. The first-order valence-corrected chi connectivity index (χ1v) is 11.2. The molecule has 4 rings (SSSR count). The Bertz CT molecular complexity index is 983. The highest BCUT2D eigenvalue weighted by molar-refractivity contribution is 9.10. The molecule has 0 spiro atoms. The van der Waals surface area contributed by atoms with Crippen LogP contribution in [0.2, 0.25) is 0 Å². The fourth-order valence-corrected chi connectivity index (χ4v) is 4.50. The van der Waals surface area contributed by atoms with Crippen LogP contribution in [0.4, 0.5) is 5.13 Å². The van der Waals surface area contributed by atoms with E-state index in [9.17, 15) is 4.79 Å². The minimum atomic E-state index is -0.0521. The van der Waals surface area contributed by atoms with Crippen LogP contribution in [0.5, 0.6) is 11.5 Å². The number of halogens is 2. The van der Waals surface area contributed by atoms with Crippen molar-refractivity contribution in [3.05, 3.63) is 46.4 Å². The van der Waals surface area contributed by atoms with Crippen molar-refractivity contribution in [3.63, 3.8) is 0 Å². The second kappa shape index (κ2) is 9.96. The van der Waals surface area contributed by atoms with E-state index in [1.807, 2.05) is 36.4 Å². The van der Waals surface area contributed by atoms with Gasteiger partial charge in [-0.25, -0.2) is 4.98 Å². The van der Waals surface area contributed by atoms with Crippen molar-refractivity contribution in [1.29, 1.82) is 0 Å². The van der Waals surface area contributed by atoms with E-state index in [1.54, 1.807) is 4.90 Å². The lowest BCUT2D eigenvalue weighted by Gasteiger charge is -2.24. The molecule has 0 N–H and O–H groups in total. The highest BCUT2D eigenvalue weighted by Gasteiger charge is 2.23. The summed E-state index contributed by atoms with van der Waals surface area (Å²) in [6, 6.07) is 11.2. The molecule has 0 saturated heterocycles. The van der Waals surface area contributed by atoms with Crippen molar-refractivity contribution in [2.45, 2.75) is 13.8 Å². The predicted octanol–water partition coefficient (Wildman–Crippen LogP) is 5.20. The van der Waals surface area contributed by atoms with Gasteiger partial charge in [0.25, 0.3) is 5.91 Å². The SMILES string of the molecule is CCN(CC)CCN(C(=O)c1ccc(Br)cc1)c1nc2cc3c(cc2s1)OCO3.Cl. The normalized spacial score (nSPS) is 12.3.